The van der Waals surface area contributed by atoms with Crippen LogP contribution in [-0.4, -0.2) is 124 Å². The van der Waals surface area contributed by atoms with E-state index in [1.807, 2.05) is 57.2 Å². The molecule has 2 aromatic heterocycles. The first-order valence-corrected chi connectivity index (χ1v) is 23.2. The van der Waals surface area contributed by atoms with Crippen LogP contribution in [0.25, 0.3) is 33.3 Å². The third kappa shape index (κ3) is 9.51. The molecule has 364 valence electrons. The van der Waals surface area contributed by atoms with Gasteiger partial charge >= 0.3 is 11.9 Å². The number of nitrogens with one attached hydrogen (secondary N) is 2. The van der Waals surface area contributed by atoms with Crippen LogP contribution in [0, 0.1) is 11.3 Å². The van der Waals surface area contributed by atoms with Crippen LogP contribution in [0.1, 0.15) is 77.3 Å². The minimum absolute atomic E-state index is 0.0580. The van der Waals surface area contributed by atoms with Gasteiger partial charge in [0.2, 0.25) is 11.8 Å². The summed E-state index contributed by atoms with van der Waals surface area (Å²) >= 11 is 0. The van der Waals surface area contributed by atoms with E-state index in [0.29, 0.717) is 41.2 Å². The molecular formula is C51H62F3N7O7. The number of pyridine rings is 1. The van der Waals surface area contributed by atoms with Crippen LogP contribution >= 0.6 is 0 Å². The Morgan fingerprint density at radius 2 is 1.79 bits per heavy atom. The number of likely N-dealkylation sites (tertiary alicyclic amines) is 1. The van der Waals surface area contributed by atoms with Gasteiger partial charge in [0.05, 0.1) is 37.2 Å². The quantitative estimate of drug-likeness (QED) is 0.132. The van der Waals surface area contributed by atoms with Gasteiger partial charge < -0.3 is 29.2 Å². The van der Waals surface area contributed by atoms with Crippen molar-refractivity contribution in [3.05, 3.63) is 90.3 Å². The lowest BCUT2D eigenvalue weighted by Gasteiger charge is -2.38. The molecule has 0 saturated carbocycles. The zero-order valence-electron chi connectivity index (χ0n) is 40.0. The Morgan fingerprint density at radius 1 is 1.06 bits per heavy atom. The van der Waals surface area contributed by atoms with E-state index in [4.69, 9.17) is 14.5 Å². The van der Waals surface area contributed by atoms with Crippen molar-refractivity contribution in [3.63, 3.8) is 0 Å². The number of alkyl halides is 3. The van der Waals surface area contributed by atoms with Gasteiger partial charge in [-0.2, -0.15) is 0 Å². The number of ether oxygens (including phenoxy) is 2. The van der Waals surface area contributed by atoms with Gasteiger partial charge in [-0.3, -0.25) is 34.0 Å². The van der Waals surface area contributed by atoms with Crippen molar-refractivity contribution in [1.82, 2.24) is 35.1 Å². The maximum Gasteiger partial charge on any atom is 0.324 e. The van der Waals surface area contributed by atoms with Crippen molar-refractivity contribution in [2.75, 3.05) is 40.4 Å². The second-order valence-corrected chi connectivity index (χ2v) is 19.4. The van der Waals surface area contributed by atoms with E-state index in [2.05, 4.69) is 47.0 Å². The minimum atomic E-state index is -4.27. The topological polar surface area (TPSA) is 155 Å². The molecule has 68 heavy (non-hydrogen) atoms. The van der Waals surface area contributed by atoms with Crippen LogP contribution in [0.15, 0.2) is 73.4 Å². The van der Waals surface area contributed by atoms with Gasteiger partial charge in [-0.15, -0.1) is 0 Å². The highest BCUT2D eigenvalue weighted by atomic mass is 19.3. The fourth-order valence-electron chi connectivity index (χ4n) is 9.88. The number of carbonyl (C=O) groups is 5. The summed E-state index contributed by atoms with van der Waals surface area (Å²) in [6.45, 7) is 12.9. The van der Waals surface area contributed by atoms with E-state index < -0.39 is 83.7 Å². The smallest absolute Gasteiger partial charge is 0.324 e. The number of carbonyl (C=O) groups excluding carboxylic acids is 5. The summed E-state index contributed by atoms with van der Waals surface area (Å²) in [4.78, 5) is 74.9. The van der Waals surface area contributed by atoms with Crippen molar-refractivity contribution in [1.29, 1.82) is 0 Å². The van der Waals surface area contributed by atoms with Gasteiger partial charge in [0.25, 0.3) is 17.5 Å². The number of hydrazine groups is 1. The van der Waals surface area contributed by atoms with Gasteiger partial charge in [-0.1, -0.05) is 64.6 Å². The molecule has 2 N–H and O–H groups in total. The van der Waals surface area contributed by atoms with Gasteiger partial charge in [-0.05, 0) is 91.6 Å². The lowest BCUT2D eigenvalue weighted by Crippen LogP contribution is -2.64. The van der Waals surface area contributed by atoms with Crippen LogP contribution in [0.2, 0.25) is 0 Å². The highest BCUT2D eigenvalue weighted by molar-refractivity contribution is 5.97. The number of likely N-dealkylation sites (N-methyl/N-ethyl adjacent to an activating group) is 1. The summed E-state index contributed by atoms with van der Waals surface area (Å²) in [7, 11) is 2.71. The predicted octanol–water partition coefficient (Wildman–Crippen LogP) is 6.60. The SMILES string of the molecule is C=CC(=O)N1CC(F)(F)[C@](F)(C(=O)N(C)[C@H](C(=O)N[C@H]2Cc3cccc(c3)-c3ccc4c(c3)c(c(-c3cccnc3[C@H](C)OC)n4CC)CC(C)(C)COC(=O)[C@@H]3CCCN(N3)C2=O)C(C)C)C1. The number of methoxy groups -OCH3 is 1. The molecule has 0 radical (unpaired) electrons. The van der Waals surface area contributed by atoms with E-state index in [0.717, 1.165) is 57.7 Å². The number of aryl methyl sites for hydroxylation is 1. The summed E-state index contributed by atoms with van der Waals surface area (Å²) in [5.41, 5.74) is 5.76. The number of rotatable bonds is 10. The molecule has 2 fully saturated rings. The molecule has 6 bridgehead atoms. The summed E-state index contributed by atoms with van der Waals surface area (Å²) in [6, 6.07) is 14.1. The number of esters is 1. The van der Waals surface area contributed by atoms with Gasteiger partial charge in [0.15, 0.2) is 0 Å². The van der Waals surface area contributed by atoms with Crippen molar-refractivity contribution in [2.45, 2.75) is 110 Å². The predicted molar refractivity (Wildman–Crippen MR) is 251 cm³/mol. The number of benzene rings is 2. The first kappa shape index (κ1) is 49.8. The fourth-order valence-corrected chi connectivity index (χ4v) is 9.88. The molecule has 0 aliphatic carbocycles. The minimum Gasteiger partial charge on any atom is -0.464 e. The van der Waals surface area contributed by atoms with Crippen molar-refractivity contribution >= 4 is 40.5 Å². The Hall–Kier alpha value is -6.07. The molecule has 0 spiro atoms. The highest BCUT2D eigenvalue weighted by Crippen LogP contribution is 2.43. The second kappa shape index (κ2) is 19.5. The number of fused-ring (bicyclic) bond motifs is 6. The summed E-state index contributed by atoms with van der Waals surface area (Å²) in [5.74, 6) is -9.72. The van der Waals surface area contributed by atoms with Crippen LogP contribution < -0.4 is 10.7 Å². The van der Waals surface area contributed by atoms with E-state index in [-0.39, 0.29) is 25.7 Å². The number of nitrogens with zero attached hydrogens (tertiary/aromatic N) is 5. The van der Waals surface area contributed by atoms with Crippen LogP contribution in [0.3, 0.4) is 0 Å². The summed E-state index contributed by atoms with van der Waals surface area (Å²) in [6.07, 6.45) is 3.48. The lowest BCUT2D eigenvalue weighted by molar-refractivity contribution is -0.169. The van der Waals surface area contributed by atoms with Crippen LogP contribution in [0.5, 0.6) is 0 Å². The monoisotopic (exact) mass is 941 g/mol. The molecule has 2 saturated heterocycles. The van der Waals surface area contributed by atoms with Gasteiger partial charge in [0, 0.05) is 61.7 Å². The average molecular weight is 942 g/mol. The van der Waals surface area contributed by atoms with Crippen LogP contribution in [-0.2, 0) is 52.8 Å². The Bertz CT molecular complexity index is 2620. The fraction of sp³-hybridized carbons (Fsp3) is 0.490. The molecule has 5 atom stereocenters. The van der Waals surface area contributed by atoms with E-state index in [9.17, 15) is 24.0 Å². The average Bonchev–Trinajstić information content (AvgIpc) is 3.76. The first-order chi connectivity index (χ1) is 32.1. The second-order valence-electron chi connectivity index (χ2n) is 19.4. The zero-order valence-corrected chi connectivity index (χ0v) is 40.0. The molecule has 5 heterocycles. The molecular weight excluding hydrogens is 880 g/mol. The number of amides is 4. The molecule has 3 aliphatic heterocycles. The Morgan fingerprint density at radius 3 is 2.49 bits per heavy atom. The van der Waals surface area contributed by atoms with Crippen molar-refractivity contribution in [3.8, 4) is 22.4 Å². The molecule has 4 aromatic rings. The van der Waals surface area contributed by atoms with Crippen LogP contribution in [0.4, 0.5) is 13.2 Å². The van der Waals surface area contributed by atoms with E-state index in [1.54, 1.807) is 27.2 Å². The number of halogens is 3. The molecule has 2 aromatic carbocycles. The number of aromatic nitrogens is 2. The largest absolute Gasteiger partial charge is 0.464 e. The molecule has 3 aliphatic rings. The first-order valence-electron chi connectivity index (χ1n) is 23.2. The third-order valence-corrected chi connectivity index (χ3v) is 13.5. The number of hydrogen-bond acceptors (Lipinski definition) is 9. The maximum atomic E-state index is 16.3. The standard InChI is InChI=1S/C51H62F3N7O7/c1-10-41(62)59-27-50(52,51(53,54)28-59)48(66)58(8)43(30(3)4)45(63)56-39-24-32-15-12-16-33(23-32)34-19-20-40-36(25-34)37(44(60(40)11-2)35-17-13-21-55-42(35)31(5)67-9)26-49(6,7)29-68-47(65)38-18-14-22-61(57-38)46(39)64/h10,12-13,15-17,19-21,23,25,30-31,38-39,43,57H,1,11,14,18,22,24,26-29H2,2-9H3,(H,56,63)/t31-,38-,39-,43-,50+/m0/s1. The molecule has 0 unspecified atom stereocenters. The normalized spacial score (nSPS) is 22.6. The zero-order chi connectivity index (χ0) is 49.5. The molecule has 4 amide bonds. The van der Waals surface area contributed by atoms with Gasteiger partial charge in [0.1, 0.15) is 18.1 Å². The number of hydrogen-bond donors (Lipinski definition) is 2. The third-order valence-electron chi connectivity index (χ3n) is 13.5. The Labute approximate surface area is 395 Å². The summed E-state index contributed by atoms with van der Waals surface area (Å²) < 4.78 is 61.1. The van der Waals surface area contributed by atoms with Crippen molar-refractivity contribution < 1.29 is 46.6 Å². The summed E-state index contributed by atoms with van der Waals surface area (Å²) in [5, 5.41) is 5.06. The van der Waals surface area contributed by atoms with Gasteiger partial charge in [-0.25, -0.2) is 18.6 Å². The molecule has 7 rings (SSSR count). The van der Waals surface area contributed by atoms with E-state index in [1.165, 1.54) is 5.01 Å². The van der Waals surface area contributed by atoms with Crippen molar-refractivity contribution in [2.24, 2.45) is 11.3 Å². The Balaban J connectivity index is 1.30. The number of cyclic esters (lactones) is 1. The Kier molecular flexibility index (Phi) is 14.3. The van der Waals surface area contributed by atoms with E-state index >= 15 is 13.2 Å². The maximum absolute atomic E-state index is 16.3. The molecule has 17 heteroatoms. The lowest BCUT2D eigenvalue weighted by atomic mass is 9.84. The highest BCUT2D eigenvalue weighted by Gasteiger charge is 2.68. The molecule has 14 nitrogen and oxygen atoms in total.